The summed E-state index contributed by atoms with van der Waals surface area (Å²) in [5, 5.41) is 9.80. The number of esters is 2. The van der Waals surface area contributed by atoms with E-state index in [-0.39, 0.29) is 51.1 Å². The van der Waals surface area contributed by atoms with Gasteiger partial charge in [-0.1, -0.05) is 121 Å². The molecule has 0 unspecified atom stereocenters. The maximum absolute atomic E-state index is 13.3. The van der Waals surface area contributed by atoms with Crippen LogP contribution >= 0.6 is 0 Å². The van der Waals surface area contributed by atoms with Gasteiger partial charge in [-0.2, -0.15) is 0 Å². The highest BCUT2D eigenvalue weighted by Crippen LogP contribution is 2.45. The average molecular weight is 897 g/mol. The van der Waals surface area contributed by atoms with Crippen molar-refractivity contribution in [2.24, 2.45) is 0 Å². The molecule has 2 amide bonds. The van der Waals surface area contributed by atoms with Crippen LogP contribution in [0.3, 0.4) is 0 Å². The fourth-order valence-corrected chi connectivity index (χ4v) is 7.83. The van der Waals surface area contributed by atoms with Gasteiger partial charge in [0.15, 0.2) is 0 Å². The number of hydrogen-bond donors (Lipinski definition) is 4. The molecule has 2 atom stereocenters. The molecule has 0 aromatic heterocycles. The largest absolute Gasteiger partial charge is 0.493 e. The Hall–Kier alpha value is -6.76. The Morgan fingerprint density at radius 1 is 0.455 bits per heavy atom. The van der Waals surface area contributed by atoms with E-state index in [9.17, 15) is 19.2 Å². The van der Waals surface area contributed by atoms with Gasteiger partial charge in [-0.3, -0.25) is 9.59 Å². The van der Waals surface area contributed by atoms with Crippen molar-refractivity contribution in [3.63, 3.8) is 0 Å². The summed E-state index contributed by atoms with van der Waals surface area (Å²) in [7, 11) is 0. The number of amides is 2. The lowest BCUT2D eigenvalue weighted by atomic mass is 9.92. The molecule has 0 aliphatic rings. The van der Waals surface area contributed by atoms with E-state index in [1.54, 1.807) is 0 Å². The Morgan fingerprint density at radius 2 is 0.848 bits per heavy atom. The van der Waals surface area contributed by atoms with Crippen molar-refractivity contribution >= 4 is 45.3 Å². The minimum absolute atomic E-state index is 0.137. The number of fused-ring (bicyclic) bond motifs is 2. The van der Waals surface area contributed by atoms with Gasteiger partial charge >= 0.3 is 11.9 Å². The Balaban J connectivity index is 1.11. The normalized spacial score (nSPS) is 12.0. The van der Waals surface area contributed by atoms with E-state index in [1.165, 1.54) is 0 Å². The molecular formula is C54H64N4O8+2. The van der Waals surface area contributed by atoms with Gasteiger partial charge in [0.05, 0.1) is 26.3 Å². The van der Waals surface area contributed by atoms with Crippen LogP contribution < -0.4 is 31.6 Å². The smallest absolute Gasteiger partial charge is 0.328 e. The summed E-state index contributed by atoms with van der Waals surface area (Å²) in [5.41, 5.74) is 11.3. The molecule has 0 saturated carbocycles. The predicted octanol–water partition coefficient (Wildman–Crippen LogP) is 7.26. The van der Waals surface area contributed by atoms with Gasteiger partial charge in [0, 0.05) is 24.0 Å². The van der Waals surface area contributed by atoms with Crippen molar-refractivity contribution in [1.82, 2.24) is 10.6 Å². The van der Waals surface area contributed by atoms with E-state index < -0.39 is 24.0 Å². The Morgan fingerprint density at radius 3 is 1.26 bits per heavy atom. The van der Waals surface area contributed by atoms with Gasteiger partial charge in [-0.25, -0.2) is 9.59 Å². The van der Waals surface area contributed by atoms with Crippen LogP contribution in [0.15, 0.2) is 133 Å². The average Bonchev–Trinajstić information content (AvgIpc) is 3.35. The van der Waals surface area contributed by atoms with Gasteiger partial charge in [-0.15, -0.1) is 0 Å². The first-order valence-electron chi connectivity index (χ1n) is 23.2. The second kappa shape index (κ2) is 26.3. The number of nitrogens with one attached hydrogen (secondary N) is 2. The Kier molecular flexibility index (Phi) is 19.4. The number of quaternary nitrogens is 2. The molecule has 66 heavy (non-hydrogen) atoms. The minimum atomic E-state index is -0.751. The Bertz CT molecular complexity index is 2310. The van der Waals surface area contributed by atoms with Crippen molar-refractivity contribution in [3.8, 4) is 22.6 Å². The molecule has 6 aromatic carbocycles. The molecule has 346 valence electrons. The first kappa shape index (κ1) is 48.7. The zero-order valence-electron chi connectivity index (χ0n) is 37.9. The molecule has 0 aliphatic heterocycles. The molecule has 0 saturated heterocycles. The number of hydrogen-bond acceptors (Lipinski definition) is 8. The van der Waals surface area contributed by atoms with Gasteiger partial charge in [0.25, 0.3) is 0 Å². The summed E-state index contributed by atoms with van der Waals surface area (Å²) in [4.78, 5) is 52.7. The van der Waals surface area contributed by atoms with Crippen LogP contribution in [-0.2, 0) is 41.9 Å². The number of carbonyl (C=O) groups is 4. The van der Waals surface area contributed by atoms with Crippen LogP contribution in [0, 0.1) is 0 Å². The highest BCUT2D eigenvalue weighted by atomic mass is 16.5. The van der Waals surface area contributed by atoms with Crippen LogP contribution in [0.2, 0.25) is 0 Å². The molecule has 6 rings (SSSR count). The molecule has 12 nitrogen and oxygen atoms in total. The molecule has 0 bridgehead atoms. The number of unbranched alkanes of at least 4 members (excludes halogenated alkanes) is 2. The maximum Gasteiger partial charge on any atom is 0.328 e. The third kappa shape index (κ3) is 14.6. The van der Waals surface area contributed by atoms with E-state index in [0.29, 0.717) is 37.2 Å². The predicted molar refractivity (Wildman–Crippen MR) is 256 cm³/mol. The van der Waals surface area contributed by atoms with Gasteiger partial charge in [-0.05, 0) is 96.2 Å². The fourth-order valence-electron chi connectivity index (χ4n) is 7.83. The SMILES string of the molecule is [NH3+]CCCC[C@@H](NC(=O)CCCOc1ccc2ccccc2c1-c1c(OCCCC(=O)N[C@H](CCCC[NH3+])C(=O)OCc2ccccc2)ccc2ccccc12)C(=O)OCc1ccccc1. The molecule has 0 heterocycles. The third-order valence-electron chi connectivity index (χ3n) is 11.3. The lowest BCUT2D eigenvalue weighted by Gasteiger charge is -2.20. The number of rotatable bonds is 27. The number of benzene rings is 6. The molecule has 0 fully saturated rings. The first-order chi connectivity index (χ1) is 32.3. The molecule has 6 aromatic rings. The monoisotopic (exact) mass is 896 g/mol. The van der Waals surface area contributed by atoms with Crippen LogP contribution in [0.1, 0.15) is 75.3 Å². The summed E-state index contributed by atoms with van der Waals surface area (Å²) in [5.74, 6) is -0.139. The highest BCUT2D eigenvalue weighted by molar-refractivity contribution is 6.09. The van der Waals surface area contributed by atoms with E-state index in [4.69, 9.17) is 18.9 Å². The van der Waals surface area contributed by atoms with Crippen molar-refractivity contribution in [1.29, 1.82) is 0 Å². The van der Waals surface area contributed by atoms with Crippen LogP contribution in [0.4, 0.5) is 0 Å². The van der Waals surface area contributed by atoms with Gasteiger partial charge < -0.3 is 41.0 Å². The van der Waals surface area contributed by atoms with Crippen molar-refractivity contribution in [2.45, 2.75) is 89.5 Å². The number of carbonyl (C=O) groups excluding carboxylic acids is 4. The molecule has 0 aliphatic carbocycles. The standard InChI is InChI=1S/C54H62N4O8/c55-33-13-11-25-45(53(61)65-37-39-17-3-1-4-18-39)57-49(59)27-15-35-63-47-31-29-41-21-7-9-23-43(41)51(47)52-44-24-10-8-22-42(44)30-32-48(52)64-36-16-28-50(60)58-46(26-12-14-34-56)54(62)66-38-40-19-5-2-6-20-40/h1-10,17-24,29-32,45-46H,11-16,25-28,33-38,55-56H2,(H,57,59)(H,58,60)/p+2/t45-,46-/m1/s1. The van der Waals surface area contributed by atoms with Gasteiger partial charge in [0.2, 0.25) is 11.8 Å². The van der Waals surface area contributed by atoms with Crippen LogP contribution in [-0.4, -0.2) is 62.1 Å². The van der Waals surface area contributed by atoms with E-state index >= 15 is 0 Å². The zero-order valence-corrected chi connectivity index (χ0v) is 37.9. The summed E-state index contributed by atoms with van der Waals surface area (Å²) < 4.78 is 24.3. The van der Waals surface area contributed by atoms with Crippen LogP contribution in [0.25, 0.3) is 32.7 Å². The van der Waals surface area contributed by atoms with E-state index in [1.807, 2.05) is 109 Å². The summed E-state index contributed by atoms with van der Waals surface area (Å²) >= 11 is 0. The zero-order chi connectivity index (χ0) is 46.4. The lowest BCUT2D eigenvalue weighted by molar-refractivity contribution is -0.368. The Labute approximate surface area is 387 Å². The fraction of sp³-hybridized carbons (Fsp3) is 0.333. The second-order valence-electron chi connectivity index (χ2n) is 16.3. The molecule has 12 heteroatoms. The summed E-state index contributed by atoms with van der Waals surface area (Å²) in [6, 6.07) is 41.6. The van der Waals surface area contributed by atoms with Crippen molar-refractivity contribution in [2.75, 3.05) is 26.3 Å². The molecular weight excluding hydrogens is 833 g/mol. The molecule has 0 spiro atoms. The van der Waals surface area contributed by atoms with Crippen molar-refractivity contribution < 1.29 is 49.6 Å². The second-order valence-corrected chi connectivity index (χ2v) is 16.3. The van der Waals surface area contributed by atoms with Crippen LogP contribution in [0.5, 0.6) is 11.5 Å². The highest BCUT2D eigenvalue weighted by Gasteiger charge is 2.24. The number of ether oxygens (including phenoxy) is 4. The lowest BCUT2D eigenvalue weighted by Crippen LogP contribution is -2.50. The van der Waals surface area contributed by atoms with E-state index in [0.717, 1.165) is 82.6 Å². The minimum Gasteiger partial charge on any atom is -0.493 e. The van der Waals surface area contributed by atoms with Gasteiger partial charge in [0.1, 0.15) is 36.8 Å². The quantitative estimate of drug-likeness (QED) is 0.0308. The topological polar surface area (TPSA) is 185 Å². The third-order valence-corrected chi connectivity index (χ3v) is 11.3. The molecule has 0 radical (unpaired) electrons. The van der Waals surface area contributed by atoms with E-state index in [2.05, 4.69) is 46.4 Å². The molecule has 8 N–H and O–H groups in total. The first-order valence-corrected chi connectivity index (χ1v) is 23.2. The summed E-state index contributed by atoms with van der Waals surface area (Å²) in [6.45, 7) is 2.25. The van der Waals surface area contributed by atoms with Crippen molar-refractivity contribution in [3.05, 3.63) is 145 Å². The maximum atomic E-state index is 13.3. The summed E-state index contributed by atoms with van der Waals surface area (Å²) in [6.07, 6.45) is 5.23.